The summed E-state index contributed by atoms with van der Waals surface area (Å²) in [6, 6.07) is 6.29. The number of anilines is 1. The third kappa shape index (κ3) is 3.28. The van der Waals surface area contributed by atoms with Crippen LogP contribution in [-0.2, 0) is 4.74 Å². The minimum absolute atomic E-state index is 0.266. The van der Waals surface area contributed by atoms with E-state index in [9.17, 15) is 4.79 Å². The van der Waals surface area contributed by atoms with E-state index in [1.165, 1.54) is 32.8 Å². The van der Waals surface area contributed by atoms with Crippen molar-refractivity contribution in [1.29, 1.82) is 0 Å². The molecule has 0 amide bonds. The molecule has 0 aliphatic heterocycles. The van der Waals surface area contributed by atoms with Crippen LogP contribution in [0.1, 0.15) is 48.5 Å². The van der Waals surface area contributed by atoms with Gasteiger partial charge in [-0.25, -0.2) is 4.79 Å². The van der Waals surface area contributed by atoms with Gasteiger partial charge >= 0.3 is 5.97 Å². The Balaban J connectivity index is 2.14. The van der Waals surface area contributed by atoms with Gasteiger partial charge in [-0.1, -0.05) is 25.8 Å². The minimum atomic E-state index is -0.266. The fourth-order valence-corrected chi connectivity index (χ4v) is 2.91. The smallest absolute Gasteiger partial charge is 0.338 e. The average molecular weight is 261 g/mol. The summed E-state index contributed by atoms with van der Waals surface area (Å²) in [5.41, 5.74) is 2.69. The van der Waals surface area contributed by atoms with Gasteiger partial charge in [0.05, 0.1) is 12.7 Å². The summed E-state index contributed by atoms with van der Waals surface area (Å²) in [5, 5.41) is 3.59. The maximum Gasteiger partial charge on any atom is 0.338 e. The van der Waals surface area contributed by atoms with Crippen molar-refractivity contribution in [2.75, 3.05) is 12.4 Å². The molecule has 1 aliphatic rings. The molecule has 2 unspecified atom stereocenters. The highest BCUT2D eigenvalue weighted by Gasteiger charge is 2.20. The van der Waals surface area contributed by atoms with E-state index in [2.05, 4.69) is 12.2 Å². The highest BCUT2D eigenvalue weighted by atomic mass is 16.5. The Kier molecular flexibility index (Phi) is 4.46. The molecule has 3 heteroatoms. The predicted molar refractivity (Wildman–Crippen MR) is 77.6 cm³/mol. The van der Waals surface area contributed by atoms with Crippen LogP contribution in [0.2, 0.25) is 0 Å². The molecule has 0 saturated heterocycles. The largest absolute Gasteiger partial charge is 0.465 e. The first-order valence-corrected chi connectivity index (χ1v) is 7.06. The van der Waals surface area contributed by atoms with Gasteiger partial charge < -0.3 is 10.1 Å². The fourth-order valence-electron chi connectivity index (χ4n) is 2.91. The number of rotatable bonds is 3. The van der Waals surface area contributed by atoms with E-state index in [0.717, 1.165) is 17.2 Å². The molecule has 104 valence electrons. The SMILES string of the molecule is COC(=O)c1cccc(NC2CCCC(C)C2)c1C. The van der Waals surface area contributed by atoms with Gasteiger partial charge in [0.1, 0.15) is 0 Å². The van der Waals surface area contributed by atoms with E-state index in [0.29, 0.717) is 11.6 Å². The summed E-state index contributed by atoms with van der Waals surface area (Å²) in [5.74, 6) is 0.522. The predicted octanol–water partition coefficient (Wildman–Crippen LogP) is 3.77. The van der Waals surface area contributed by atoms with Crippen LogP contribution in [0.15, 0.2) is 18.2 Å². The van der Waals surface area contributed by atoms with Crippen LogP contribution >= 0.6 is 0 Å². The van der Waals surface area contributed by atoms with Crippen molar-refractivity contribution in [3.05, 3.63) is 29.3 Å². The molecule has 1 saturated carbocycles. The van der Waals surface area contributed by atoms with Gasteiger partial charge in [0.25, 0.3) is 0 Å². The van der Waals surface area contributed by atoms with Gasteiger partial charge in [-0.15, -0.1) is 0 Å². The first-order valence-electron chi connectivity index (χ1n) is 7.06. The van der Waals surface area contributed by atoms with Crippen molar-refractivity contribution in [3.8, 4) is 0 Å². The van der Waals surface area contributed by atoms with E-state index in [1.807, 2.05) is 25.1 Å². The van der Waals surface area contributed by atoms with Crippen molar-refractivity contribution < 1.29 is 9.53 Å². The molecular weight excluding hydrogens is 238 g/mol. The highest BCUT2D eigenvalue weighted by Crippen LogP contribution is 2.28. The van der Waals surface area contributed by atoms with E-state index < -0.39 is 0 Å². The van der Waals surface area contributed by atoms with Crippen LogP contribution in [0.3, 0.4) is 0 Å². The third-order valence-corrected chi connectivity index (χ3v) is 4.04. The Bertz CT molecular complexity index is 456. The van der Waals surface area contributed by atoms with Crippen LogP contribution in [0.25, 0.3) is 0 Å². The molecule has 1 N–H and O–H groups in total. The Hall–Kier alpha value is -1.51. The Morgan fingerprint density at radius 2 is 2.16 bits per heavy atom. The molecule has 1 aliphatic carbocycles. The van der Waals surface area contributed by atoms with Crippen molar-refractivity contribution in [3.63, 3.8) is 0 Å². The number of hydrogen-bond donors (Lipinski definition) is 1. The summed E-state index contributed by atoms with van der Waals surface area (Å²) in [7, 11) is 1.42. The molecule has 2 rings (SSSR count). The maximum absolute atomic E-state index is 11.7. The number of carbonyl (C=O) groups is 1. The zero-order chi connectivity index (χ0) is 13.8. The number of esters is 1. The minimum Gasteiger partial charge on any atom is -0.465 e. The average Bonchev–Trinajstić information content (AvgIpc) is 2.40. The number of ether oxygens (including phenoxy) is 1. The van der Waals surface area contributed by atoms with Crippen LogP contribution < -0.4 is 5.32 Å². The lowest BCUT2D eigenvalue weighted by molar-refractivity contribution is 0.0600. The summed E-state index contributed by atoms with van der Waals surface area (Å²) in [4.78, 5) is 11.7. The lowest BCUT2D eigenvalue weighted by Crippen LogP contribution is -2.26. The Morgan fingerprint density at radius 3 is 2.84 bits per heavy atom. The number of carbonyl (C=O) groups excluding carboxylic acids is 1. The van der Waals surface area contributed by atoms with Gasteiger partial charge in [0, 0.05) is 11.7 Å². The van der Waals surface area contributed by atoms with Crippen LogP contribution in [0.5, 0.6) is 0 Å². The van der Waals surface area contributed by atoms with E-state index in [-0.39, 0.29) is 5.97 Å². The monoisotopic (exact) mass is 261 g/mol. The van der Waals surface area contributed by atoms with Crippen LogP contribution in [0.4, 0.5) is 5.69 Å². The Morgan fingerprint density at radius 1 is 1.37 bits per heavy atom. The van der Waals surface area contributed by atoms with Gasteiger partial charge in [0.15, 0.2) is 0 Å². The molecule has 0 aromatic heterocycles. The highest BCUT2D eigenvalue weighted by molar-refractivity contribution is 5.92. The van der Waals surface area contributed by atoms with Crippen LogP contribution in [-0.4, -0.2) is 19.1 Å². The molecule has 1 aromatic carbocycles. The molecule has 0 heterocycles. The molecule has 3 nitrogen and oxygen atoms in total. The van der Waals surface area contributed by atoms with Crippen molar-refractivity contribution in [2.24, 2.45) is 5.92 Å². The lowest BCUT2D eigenvalue weighted by atomic mass is 9.87. The normalized spacial score (nSPS) is 22.9. The van der Waals surface area contributed by atoms with Gasteiger partial charge in [0.2, 0.25) is 0 Å². The number of hydrogen-bond acceptors (Lipinski definition) is 3. The molecule has 0 spiro atoms. The molecule has 0 bridgehead atoms. The van der Waals surface area contributed by atoms with E-state index in [4.69, 9.17) is 4.74 Å². The molecule has 2 atom stereocenters. The van der Waals surface area contributed by atoms with Gasteiger partial charge in [-0.05, 0) is 43.4 Å². The maximum atomic E-state index is 11.7. The summed E-state index contributed by atoms with van der Waals surface area (Å²) in [6.07, 6.45) is 5.04. The zero-order valence-electron chi connectivity index (χ0n) is 12.0. The van der Waals surface area contributed by atoms with Crippen molar-refractivity contribution in [2.45, 2.75) is 45.6 Å². The second kappa shape index (κ2) is 6.09. The standard InChI is InChI=1S/C16H23NO2/c1-11-6-4-7-13(10-11)17-15-9-5-8-14(12(15)2)16(18)19-3/h5,8-9,11,13,17H,4,6-7,10H2,1-3H3. The number of nitrogens with one attached hydrogen (secondary N) is 1. The fraction of sp³-hybridized carbons (Fsp3) is 0.562. The van der Waals surface area contributed by atoms with Crippen molar-refractivity contribution >= 4 is 11.7 Å². The number of methoxy groups -OCH3 is 1. The number of benzene rings is 1. The lowest BCUT2D eigenvalue weighted by Gasteiger charge is -2.29. The second-order valence-corrected chi connectivity index (χ2v) is 5.58. The first-order chi connectivity index (χ1) is 9.11. The topological polar surface area (TPSA) is 38.3 Å². The zero-order valence-corrected chi connectivity index (χ0v) is 12.0. The molecule has 1 aromatic rings. The summed E-state index contributed by atoms with van der Waals surface area (Å²) in [6.45, 7) is 4.28. The Labute approximate surface area is 115 Å². The van der Waals surface area contributed by atoms with Crippen LogP contribution in [0, 0.1) is 12.8 Å². The first kappa shape index (κ1) is 13.9. The molecule has 19 heavy (non-hydrogen) atoms. The molecule has 0 radical (unpaired) electrons. The second-order valence-electron chi connectivity index (χ2n) is 5.58. The van der Waals surface area contributed by atoms with Gasteiger partial charge in [-0.3, -0.25) is 0 Å². The molecule has 1 fully saturated rings. The summed E-state index contributed by atoms with van der Waals surface area (Å²) < 4.78 is 4.81. The quantitative estimate of drug-likeness (QED) is 0.842. The van der Waals surface area contributed by atoms with E-state index in [1.54, 1.807) is 0 Å². The summed E-state index contributed by atoms with van der Waals surface area (Å²) >= 11 is 0. The van der Waals surface area contributed by atoms with Crippen molar-refractivity contribution in [1.82, 2.24) is 0 Å². The van der Waals surface area contributed by atoms with Gasteiger partial charge in [-0.2, -0.15) is 0 Å². The van der Waals surface area contributed by atoms with E-state index >= 15 is 0 Å². The third-order valence-electron chi connectivity index (χ3n) is 4.04. The molecular formula is C16H23NO2.